The Morgan fingerprint density at radius 3 is 3.12 bits per heavy atom. The van der Waals surface area contributed by atoms with Gasteiger partial charge in [-0.15, -0.1) is 5.10 Å². The Hall–Kier alpha value is -3.29. The van der Waals surface area contributed by atoms with Crippen LogP contribution >= 0.6 is 0 Å². The molecule has 3 heterocycles. The number of rotatable bonds is 6. The zero-order chi connectivity index (χ0) is 17.4. The van der Waals surface area contributed by atoms with Crippen molar-refractivity contribution in [1.82, 2.24) is 29.9 Å². The highest BCUT2D eigenvalue weighted by Gasteiger charge is 2.37. The summed E-state index contributed by atoms with van der Waals surface area (Å²) in [5.41, 5.74) is 1.21. The van der Waals surface area contributed by atoms with E-state index in [2.05, 4.69) is 41.4 Å². The van der Waals surface area contributed by atoms with E-state index in [1.165, 1.54) is 12.3 Å². The Balaban J connectivity index is 1.52. The summed E-state index contributed by atoms with van der Waals surface area (Å²) >= 11 is 0. The van der Waals surface area contributed by atoms with Crippen LogP contribution in [-0.4, -0.2) is 36.6 Å². The van der Waals surface area contributed by atoms with Gasteiger partial charge in [0.25, 0.3) is 0 Å². The fourth-order valence-corrected chi connectivity index (χ4v) is 2.53. The number of ether oxygens (including phenoxy) is 1. The summed E-state index contributed by atoms with van der Waals surface area (Å²) in [6.07, 6.45) is 3.98. The zero-order valence-corrected chi connectivity index (χ0v) is 12.7. The van der Waals surface area contributed by atoms with Crippen molar-refractivity contribution < 1.29 is 13.5 Å². The quantitative estimate of drug-likeness (QED) is 0.701. The molecule has 2 atom stereocenters. The lowest BCUT2D eigenvalue weighted by atomic mass is 10.3. The maximum absolute atomic E-state index is 12.2. The minimum absolute atomic E-state index is 0.0757. The van der Waals surface area contributed by atoms with Crippen LogP contribution in [0.15, 0.2) is 18.5 Å². The van der Waals surface area contributed by atoms with Gasteiger partial charge in [0.05, 0.1) is 24.4 Å². The predicted octanol–water partition coefficient (Wildman–Crippen LogP) is 2.05. The molecule has 1 saturated carbocycles. The van der Waals surface area contributed by atoms with Crippen LogP contribution in [-0.2, 0) is 6.54 Å². The molecule has 4 rings (SSSR count). The number of nitrogens with zero attached hydrogens (tertiary/aromatic N) is 6. The second kappa shape index (κ2) is 5.97. The second-order valence-electron chi connectivity index (χ2n) is 5.65. The maximum Gasteiger partial charge on any atom is 0.388 e. The van der Waals surface area contributed by atoms with E-state index in [4.69, 9.17) is 5.26 Å². The van der Waals surface area contributed by atoms with Crippen molar-refractivity contribution >= 4 is 22.8 Å². The Labute approximate surface area is 139 Å². The van der Waals surface area contributed by atoms with Crippen LogP contribution in [0, 0.1) is 23.2 Å². The van der Waals surface area contributed by atoms with Gasteiger partial charge >= 0.3 is 6.61 Å². The van der Waals surface area contributed by atoms with E-state index < -0.39 is 6.61 Å². The topological polar surface area (TPSA) is 117 Å². The number of aromatic nitrogens is 6. The minimum atomic E-state index is -2.94. The van der Waals surface area contributed by atoms with Crippen LogP contribution in [0.4, 0.5) is 20.4 Å². The maximum atomic E-state index is 12.2. The van der Waals surface area contributed by atoms with E-state index in [1.807, 2.05) is 0 Å². The van der Waals surface area contributed by atoms with Crippen molar-refractivity contribution in [2.24, 2.45) is 11.8 Å². The Bertz CT molecular complexity index is 946. The fraction of sp³-hybridized carbons (Fsp3) is 0.357. The van der Waals surface area contributed by atoms with Gasteiger partial charge in [0.1, 0.15) is 11.3 Å². The first-order valence-electron chi connectivity index (χ1n) is 7.48. The number of hydrogen-bond donors (Lipinski definition) is 2. The fourth-order valence-electron chi connectivity index (χ4n) is 2.53. The minimum Gasteiger partial charge on any atom is -0.415 e. The Kier molecular flexibility index (Phi) is 3.64. The second-order valence-corrected chi connectivity index (χ2v) is 5.65. The van der Waals surface area contributed by atoms with E-state index in [0.29, 0.717) is 29.3 Å². The Morgan fingerprint density at radius 1 is 1.48 bits per heavy atom. The molecule has 9 nitrogen and oxygen atoms in total. The van der Waals surface area contributed by atoms with Gasteiger partial charge in [-0.05, 0) is 12.3 Å². The summed E-state index contributed by atoms with van der Waals surface area (Å²) in [6.45, 7) is -2.34. The van der Waals surface area contributed by atoms with Gasteiger partial charge in [-0.1, -0.05) is 0 Å². The van der Waals surface area contributed by atoms with Gasteiger partial charge in [0.15, 0.2) is 11.5 Å². The van der Waals surface area contributed by atoms with E-state index in [0.717, 1.165) is 6.42 Å². The SMILES string of the molecule is N#CC1CC1Cn1ncc2ncc(Nc3cc(OC(F)F)n[nH]3)nc21. The summed E-state index contributed by atoms with van der Waals surface area (Å²) in [6, 6.07) is 3.53. The first-order valence-corrected chi connectivity index (χ1v) is 7.48. The van der Waals surface area contributed by atoms with Crippen molar-refractivity contribution in [3.8, 4) is 11.9 Å². The molecule has 0 bridgehead atoms. The van der Waals surface area contributed by atoms with Crippen LogP contribution in [0.5, 0.6) is 5.88 Å². The van der Waals surface area contributed by atoms with Crippen LogP contribution in [0.2, 0.25) is 0 Å². The van der Waals surface area contributed by atoms with Gasteiger partial charge in [0.2, 0.25) is 5.88 Å². The third-order valence-corrected chi connectivity index (χ3v) is 3.87. The molecule has 1 fully saturated rings. The third kappa shape index (κ3) is 3.18. The summed E-state index contributed by atoms with van der Waals surface area (Å²) in [7, 11) is 0. The molecule has 0 radical (unpaired) electrons. The predicted molar refractivity (Wildman–Crippen MR) is 81.0 cm³/mol. The number of nitriles is 1. The first-order chi connectivity index (χ1) is 12.1. The average Bonchev–Trinajstić information content (AvgIpc) is 3.01. The lowest BCUT2D eigenvalue weighted by Crippen LogP contribution is -2.05. The Morgan fingerprint density at radius 2 is 2.36 bits per heavy atom. The molecule has 0 amide bonds. The van der Waals surface area contributed by atoms with Gasteiger partial charge in [-0.2, -0.15) is 19.1 Å². The lowest BCUT2D eigenvalue weighted by molar-refractivity contribution is -0.0528. The molecule has 2 N–H and O–H groups in total. The standard InChI is InChI=1S/C14H12F2N8O/c15-14(16)25-12-2-10(22-23-12)20-11-5-18-9-4-19-24(13(9)21-11)6-8-1-7(8)3-17/h2,4-5,7-8,14H,1,6H2,(H2,20,21,22,23). The molecule has 128 valence electrons. The highest BCUT2D eigenvalue weighted by molar-refractivity contribution is 5.71. The molecular weight excluding hydrogens is 334 g/mol. The number of H-pyrrole nitrogens is 1. The zero-order valence-electron chi connectivity index (χ0n) is 12.7. The van der Waals surface area contributed by atoms with Crippen molar-refractivity contribution in [2.75, 3.05) is 5.32 Å². The number of nitrogens with one attached hydrogen (secondary N) is 2. The largest absolute Gasteiger partial charge is 0.415 e. The van der Waals surface area contributed by atoms with E-state index >= 15 is 0 Å². The monoisotopic (exact) mass is 346 g/mol. The molecule has 3 aromatic rings. The van der Waals surface area contributed by atoms with Crippen LogP contribution in [0.3, 0.4) is 0 Å². The molecule has 0 spiro atoms. The first kappa shape index (κ1) is 15.3. The van der Waals surface area contributed by atoms with Crippen molar-refractivity contribution in [1.29, 1.82) is 5.26 Å². The number of anilines is 2. The average molecular weight is 346 g/mol. The van der Waals surface area contributed by atoms with E-state index in [9.17, 15) is 8.78 Å². The number of alkyl halides is 2. The molecule has 1 aliphatic carbocycles. The molecule has 0 saturated heterocycles. The smallest absolute Gasteiger partial charge is 0.388 e. The van der Waals surface area contributed by atoms with Crippen LogP contribution in [0.25, 0.3) is 11.2 Å². The molecule has 0 aliphatic heterocycles. The summed E-state index contributed by atoms with van der Waals surface area (Å²) in [5, 5.41) is 22.2. The number of halogens is 2. The van der Waals surface area contributed by atoms with E-state index in [-0.39, 0.29) is 17.7 Å². The molecule has 3 aromatic heterocycles. The number of hydrogen-bond acceptors (Lipinski definition) is 7. The number of aromatic amines is 1. The number of fused-ring (bicyclic) bond motifs is 1. The molecule has 0 aromatic carbocycles. The van der Waals surface area contributed by atoms with E-state index in [1.54, 1.807) is 10.9 Å². The van der Waals surface area contributed by atoms with Crippen LogP contribution in [0.1, 0.15) is 6.42 Å². The van der Waals surface area contributed by atoms with Gasteiger partial charge in [-0.3, -0.25) is 5.10 Å². The summed E-state index contributed by atoms with van der Waals surface area (Å²) in [4.78, 5) is 8.70. The van der Waals surface area contributed by atoms with Gasteiger partial charge < -0.3 is 10.1 Å². The molecule has 25 heavy (non-hydrogen) atoms. The summed E-state index contributed by atoms with van der Waals surface area (Å²) < 4.78 is 30.2. The van der Waals surface area contributed by atoms with Crippen molar-refractivity contribution in [3.63, 3.8) is 0 Å². The normalized spacial score (nSPS) is 19.1. The lowest BCUT2D eigenvalue weighted by Gasteiger charge is -2.04. The van der Waals surface area contributed by atoms with Gasteiger partial charge in [0, 0.05) is 12.6 Å². The van der Waals surface area contributed by atoms with Crippen molar-refractivity contribution in [2.45, 2.75) is 19.6 Å². The summed E-state index contributed by atoms with van der Waals surface area (Å²) in [5.74, 6) is 0.865. The molecule has 1 aliphatic rings. The highest BCUT2D eigenvalue weighted by Crippen LogP contribution is 2.39. The molecular formula is C14H12F2N8O. The molecule has 2 unspecified atom stereocenters. The molecule has 11 heteroatoms. The highest BCUT2D eigenvalue weighted by atomic mass is 19.3. The van der Waals surface area contributed by atoms with Gasteiger partial charge in [-0.25, -0.2) is 14.6 Å². The third-order valence-electron chi connectivity index (χ3n) is 3.87. The van der Waals surface area contributed by atoms with Crippen LogP contribution < -0.4 is 10.1 Å². The van der Waals surface area contributed by atoms with Crippen molar-refractivity contribution in [3.05, 3.63) is 18.5 Å².